The van der Waals surface area contributed by atoms with Gasteiger partial charge in [0.25, 0.3) is 0 Å². The van der Waals surface area contributed by atoms with Crippen molar-refractivity contribution in [2.75, 3.05) is 58.1 Å². The number of aliphatic hydroxyl groups is 2. The maximum absolute atomic E-state index is 13.1. The predicted molar refractivity (Wildman–Crippen MR) is 346 cm³/mol. The van der Waals surface area contributed by atoms with E-state index in [0.29, 0.717) is 23.8 Å². The fourth-order valence-electron chi connectivity index (χ4n) is 9.13. The molecule has 2 heterocycles. The SMILES string of the molecule is CC(O)CN(CCC(=O)NC(C)(C)CS(=O)(=O)[O-])c1nc(Cc2[c-]cc[c-]c2)nc(Cc2ccc(/C=C/c3ccc(Nc4nc(Nc5cc(S(=O)(=O)[O-])ccc5S(=O)(=O)[O-])nc(N(CCC(=O)NC(C)(C)CS(=O)(=O)[O-])CC(C)O)n4)cc3S(=O)(=O)[O-])c(S(=O)(=O)[O-])c2)n1.O=S(=O)=O.O=S(=O)=O.[Na+].[Na+].[Na+].[Na+].[Na+].[Na+].[Na+].[Na+]. The first-order valence-electron chi connectivity index (χ1n) is 28.4. The minimum Gasteiger partial charge on any atom is -0.748 e. The molecule has 0 aliphatic heterocycles. The molecule has 56 heteroatoms. The molecule has 6 N–H and O–H groups in total. The zero-order chi connectivity index (χ0) is 77.3. The van der Waals surface area contributed by atoms with E-state index in [9.17, 15) is 97.6 Å². The maximum Gasteiger partial charge on any atom is 1.00 e. The molecule has 2 atom stereocenters. The molecule has 0 aliphatic carbocycles. The van der Waals surface area contributed by atoms with Gasteiger partial charge in [0.1, 0.15) is 52.1 Å². The Labute approximate surface area is 815 Å². The van der Waals surface area contributed by atoms with E-state index in [0.717, 1.165) is 41.3 Å². The number of aliphatic hydroxyl groups excluding tert-OH is 2. The van der Waals surface area contributed by atoms with E-state index in [4.69, 9.17) is 25.3 Å². The summed E-state index contributed by atoms with van der Waals surface area (Å²) in [5.41, 5.74) is -4.23. The minimum atomic E-state index is -5.51. The minimum absolute atomic E-state index is 0. The molecular weight excluding hydrogens is 1710 g/mol. The number of nitrogens with one attached hydrogen (secondary N) is 4. The molecule has 0 aliphatic rings. The van der Waals surface area contributed by atoms with E-state index >= 15 is 0 Å². The van der Waals surface area contributed by atoms with Crippen LogP contribution in [0, 0.1) is 12.1 Å². The number of nitrogens with zero attached hydrogens (tertiary/aromatic N) is 8. The van der Waals surface area contributed by atoms with E-state index in [1.54, 1.807) is 18.2 Å². The molecule has 2 unspecified atom stereocenters. The first-order chi connectivity index (χ1) is 46.7. The summed E-state index contributed by atoms with van der Waals surface area (Å²) in [5, 5.41) is 30.8. The third kappa shape index (κ3) is 45.5. The van der Waals surface area contributed by atoms with Crippen molar-refractivity contribution < 1.29 is 359 Å². The second-order valence-corrected chi connectivity index (χ2v) is 31.9. The quantitative estimate of drug-likeness (QED) is 0.00988. The molecule has 2 aromatic heterocycles. The van der Waals surface area contributed by atoms with Crippen molar-refractivity contribution >= 4 is 141 Å². The number of anilines is 6. The van der Waals surface area contributed by atoms with Gasteiger partial charge < -0.3 is 80.7 Å². The molecule has 110 heavy (non-hydrogen) atoms. The van der Waals surface area contributed by atoms with Crippen LogP contribution >= 0.6 is 0 Å². The molecule has 0 saturated heterocycles. The van der Waals surface area contributed by atoms with Crippen molar-refractivity contribution in [3.05, 3.63) is 119 Å². The van der Waals surface area contributed by atoms with Crippen LogP contribution in [0.3, 0.4) is 0 Å². The number of amides is 2. The summed E-state index contributed by atoms with van der Waals surface area (Å²) in [6, 6.07) is 18.7. The Hall–Kier alpha value is -0.600. The Kier molecular flexibility index (Phi) is 55.5. The van der Waals surface area contributed by atoms with Gasteiger partial charge >= 0.3 is 258 Å². The molecule has 2 amide bonds. The summed E-state index contributed by atoms with van der Waals surface area (Å²) in [4.78, 5) is 50.9. The van der Waals surface area contributed by atoms with Crippen LogP contribution in [0.2, 0.25) is 0 Å². The van der Waals surface area contributed by atoms with Crippen molar-refractivity contribution in [2.24, 2.45) is 0 Å². The molecule has 40 nitrogen and oxygen atoms in total. The van der Waals surface area contributed by atoms with Crippen LogP contribution < -0.4 is 268 Å². The Morgan fingerprint density at radius 1 is 0.518 bits per heavy atom. The first kappa shape index (κ1) is 118. The van der Waals surface area contributed by atoms with Crippen molar-refractivity contribution in [1.82, 2.24) is 40.5 Å². The summed E-state index contributed by atoms with van der Waals surface area (Å²) in [6.45, 7) is 6.74. The summed E-state index contributed by atoms with van der Waals surface area (Å²) >= 11 is 0. The normalized spacial score (nSPS) is 11.9. The fourth-order valence-corrected chi connectivity index (χ4v) is 13.6. The number of hydrogen-bond donors (Lipinski definition) is 6. The second kappa shape index (κ2) is 51.8. The van der Waals surface area contributed by atoms with Crippen LogP contribution in [0.5, 0.6) is 0 Å². The van der Waals surface area contributed by atoms with Gasteiger partial charge in [0.15, 0.2) is 0 Å². The van der Waals surface area contributed by atoms with Crippen LogP contribution in [0.25, 0.3) is 12.2 Å². The summed E-state index contributed by atoms with van der Waals surface area (Å²) in [7, 11) is -37.5. The smallest absolute Gasteiger partial charge is 0.748 e. The Morgan fingerprint density at radius 3 is 1.33 bits per heavy atom. The topological polar surface area (TPSA) is 652 Å². The predicted octanol–water partition coefficient (Wildman–Crippen LogP) is -25.8. The molecule has 0 bridgehead atoms. The third-order valence-corrected chi connectivity index (χ3v) is 18.3. The summed E-state index contributed by atoms with van der Waals surface area (Å²) < 4.78 is 270. The third-order valence-electron chi connectivity index (χ3n) is 12.6. The largest absolute Gasteiger partial charge is 1.00 e. The number of carbonyl (C=O) groups excluding carboxylic acids is 2. The number of aromatic nitrogens is 6. The van der Waals surface area contributed by atoms with Gasteiger partial charge in [0.05, 0.1) is 69.2 Å². The van der Waals surface area contributed by atoms with E-state index in [1.165, 1.54) is 58.6 Å². The fraction of sp³-hybridized carbons (Fsp3) is 0.370. The average molecular weight is 1770 g/mol. The van der Waals surface area contributed by atoms with Crippen LogP contribution in [0.4, 0.5) is 35.2 Å². The molecule has 6 rings (SSSR count). The van der Waals surface area contributed by atoms with Crippen molar-refractivity contribution in [1.29, 1.82) is 0 Å². The summed E-state index contributed by atoms with van der Waals surface area (Å²) in [5.74, 6) is -5.26. The molecule has 0 radical (unpaired) electrons. The van der Waals surface area contributed by atoms with Gasteiger partial charge in [-0.2, -0.15) is 24.9 Å². The van der Waals surface area contributed by atoms with Gasteiger partial charge in [-0.1, -0.05) is 30.4 Å². The Morgan fingerprint density at radius 2 is 0.927 bits per heavy atom. The van der Waals surface area contributed by atoms with Crippen LogP contribution in [-0.4, -0.2) is 216 Å². The molecule has 0 saturated carbocycles. The molecule has 4 aromatic carbocycles. The van der Waals surface area contributed by atoms with Crippen molar-refractivity contribution in [2.45, 2.75) is 110 Å². The van der Waals surface area contributed by atoms with Gasteiger partial charge in [-0.3, -0.25) is 33.4 Å². The van der Waals surface area contributed by atoms with Crippen molar-refractivity contribution in [3.63, 3.8) is 0 Å². The molecule has 0 fully saturated rings. The van der Waals surface area contributed by atoms with E-state index in [2.05, 4.69) is 63.3 Å². The standard InChI is InChI=1S/C54H66N12O22S6.8Na.2O3S/c1-33(67)29-65(22-20-47(69)63-53(3,4)31-89(71,72)73)51-58-45(25-35-10-8-7-9-11-35)57-46(59-51)26-36-12-13-37(43(24-36)93(83,84)85)14-15-38-16-17-39(27-44(38)94(86,87)88)55-49-60-50(56-41-28-40(91(77,78)79)18-19-42(41)92(80,81)82)62-52(61-49)66(30-34(2)68)23-21-48(70)64-54(5,6)32-90(74,75)76;;;;;;;;;2*1-4(2)3/h7-8,11-19,24,27-28,33-34,67-68H,20-23,25-26,29-32H2,1-6H3,(H,63,69)(H,64,70)(H,71,72,73)(H,74,75,76)(H,77,78,79)(H,80,81,82)(H,83,84,85)(H,86,87,88)(H2,55,56,60,61,62);;;;;;;;;;/q-2;8*+1;;/p-6/b15-14+;;;;;;;;;;. The molecule has 560 valence electrons. The van der Waals surface area contributed by atoms with Gasteiger partial charge in [-0.25, -0.2) is 55.5 Å². The summed E-state index contributed by atoms with van der Waals surface area (Å²) in [6.07, 6.45) is -1.41. The zero-order valence-electron chi connectivity index (χ0n) is 61.7. The second-order valence-electron chi connectivity index (χ2n) is 22.9. The monoisotopic (exact) mass is 1760 g/mol. The zero-order valence-corrected chi connectivity index (χ0v) is 84.2. The number of hydrogen-bond acceptors (Lipinski definition) is 38. The van der Waals surface area contributed by atoms with Crippen LogP contribution in [-0.2, 0) is 104 Å². The Bertz CT molecular complexity index is 5060. The van der Waals surface area contributed by atoms with Crippen molar-refractivity contribution in [3.8, 4) is 0 Å². The van der Waals surface area contributed by atoms with Gasteiger partial charge in [0.2, 0.25) is 35.6 Å². The average Bonchev–Trinajstić information content (AvgIpc) is 0.793. The van der Waals surface area contributed by atoms with E-state index in [1.807, 2.05) is 0 Å². The van der Waals surface area contributed by atoms with Crippen LogP contribution in [0.1, 0.15) is 88.3 Å². The number of carbonyl (C=O) groups is 2. The molecule has 6 aromatic rings. The molecular formula is C54H60N12Na8O28S8. The van der Waals surface area contributed by atoms with Gasteiger partial charge in [0, 0.05) is 62.2 Å². The Balaban J connectivity index is -0.00000219. The number of rotatable bonds is 32. The van der Waals surface area contributed by atoms with Gasteiger partial charge in [-0.05, 0) is 101 Å². The van der Waals surface area contributed by atoms with Gasteiger partial charge in [-0.15, -0.1) is 25.3 Å². The van der Waals surface area contributed by atoms with E-state index in [-0.39, 0.29) is 303 Å². The maximum atomic E-state index is 13.1. The van der Waals surface area contributed by atoms with Crippen LogP contribution in [0.15, 0.2) is 92.4 Å². The van der Waals surface area contributed by atoms with E-state index < -0.39 is 197 Å². The molecule has 0 spiro atoms. The first-order valence-corrected chi connectivity index (χ1v) is 39.2. The number of benzene rings is 4.